The molecule has 0 spiro atoms. The molecule has 0 radical (unpaired) electrons. The second kappa shape index (κ2) is 8.82. The molecule has 0 aliphatic rings. The summed E-state index contributed by atoms with van der Waals surface area (Å²) in [6, 6.07) is 0. The Kier molecular flexibility index (Phi) is 8.67. The normalized spacial score (nSPS) is 14.9. The van der Waals surface area contributed by atoms with Crippen LogP contribution < -0.4 is 0 Å². The number of unbranched alkanes of at least 4 members (excludes halogenated alkanes) is 1. The quantitative estimate of drug-likeness (QED) is 0.475. The monoisotopic (exact) mass is 250 g/mol. The standard InChI is InChI=1S/C12H23ClO3/c1-5-6-7-11(8-9(2)3)15-10(4)16-12(13)14/h9-11H,5-8H2,1-4H3. The van der Waals surface area contributed by atoms with Gasteiger partial charge in [-0.3, -0.25) is 0 Å². The highest BCUT2D eigenvalue weighted by molar-refractivity contribution is 6.61. The van der Waals surface area contributed by atoms with Crippen LogP contribution in [0.15, 0.2) is 0 Å². The van der Waals surface area contributed by atoms with Crippen molar-refractivity contribution in [3.8, 4) is 0 Å². The third-order valence-corrected chi connectivity index (χ3v) is 2.35. The first-order valence-corrected chi connectivity index (χ1v) is 6.35. The maximum Gasteiger partial charge on any atom is 0.406 e. The van der Waals surface area contributed by atoms with Crippen LogP contribution in [0.3, 0.4) is 0 Å². The van der Waals surface area contributed by atoms with E-state index in [1.54, 1.807) is 6.92 Å². The van der Waals surface area contributed by atoms with E-state index in [1.165, 1.54) is 0 Å². The summed E-state index contributed by atoms with van der Waals surface area (Å²) in [5, 5.41) is 0. The van der Waals surface area contributed by atoms with Crippen LogP contribution in [-0.4, -0.2) is 17.8 Å². The van der Waals surface area contributed by atoms with Gasteiger partial charge in [-0.25, -0.2) is 4.79 Å². The fourth-order valence-corrected chi connectivity index (χ4v) is 1.75. The van der Waals surface area contributed by atoms with Crippen LogP contribution in [-0.2, 0) is 9.47 Å². The van der Waals surface area contributed by atoms with Crippen molar-refractivity contribution in [3.05, 3.63) is 0 Å². The summed E-state index contributed by atoms with van der Waals surface area (Å²) in [5.74, 6) is 0.570. The van der Waals surface area contributed by atoms with Crippen molar-refractivity contribution in [1.29, 1.82) is 0 Å². The fourth-order valence-electron chi connectivity index (χ4n) is 1.63. The van der Waals surface area contributed by atoms with Gasteiger partial charge in [0.25, 0.3) is 0 Å². The molecule has 0 saturated carbocycles. The van der Waals surface area contributed by atoms with Gasteiger partial charge in [-0.2, -0.15) is 0 Å². The Balaban J connectivity index is 4.02. The van der Waals surface area contributed by atoms with E-state index in [0.717, 1.165) is 25.7 Å². The first-order valence-electron chi connectivity index (χ1n) is 5.97. The average molecular weight is 251 g/mol. The van der Waals surface area contributed by atoms with E-state index in [9.17, 15) is 4.79 Å². The fraction of sp³-hybridized carbons (Fsp3) is 0.917. The van der Waals surface area contributed by atoms with Crippen molar-refractivity contribution >= 4 is 17.0 Å². The van der Waals surface area contributed by atoms with Gasteiger partial charge < -0.3 is 9.47 Å². The highest BCUT2D eigenvalue weighted by Crippen LogP contribution is 2.17. The van der Waals surface area contributed by atoms with Gasteiger partial charge in [0.2, 0.25) is 6.29 Å². The van der Waals surface area contributed by atoms with Crippen LogP contribution in [0.2, 0.25) is 0 Å². The zero-order valence-electron chi connectivity index (χ0n) is 10.7. The topological polar surface area (TPSA) is 35.5 Å². The molecule has 0 rings (SSSR count). The van der Waals surface area contributed by atoms with Crippen molar-refractivity contribution in [3.63, 3.8) is 0 Å². The summed E-state index contributed by atoms with van der Waals surface area (Å²) >= 11 is 5.13. The molecule has 0 aromatic heterocycles. The molecule has 96 valence electrons. The first-order chi connectivity index (χ1) is 7.45. The molecule has 0 N–H and O–H groups in total. The van der Waals surface area contributed by atoms with Gasteiger partial charge in [0.05, 0.1) is 6.10 Å². The van der Waals surface area contributed by atoms with E-state index in [1.807, 2.05) is 0 Å². The number of hydrogen-bond donors (Lipinski definition) is 0. The SMILES string of the molecule is CCCCC(CC(C)C)OC(C)OC(=O)Cl. The van der Waals surface area contributed by atoms with E-state index >= 15 is 0 Å². The van der Waals surface area contributed by atoms with Gasteiger partial charge >= 0.3 is 5.43 Å². The number of carbonyl (C=O) groups is 1. The molecule has 0 bridgehead atoms. The Morgan fingerprint density at radius 2 is 1.94 bits per heavy atom. The molecule has 0 aromatic carbocycles. The van der Waals surface area contributed by atoms with Crippen LogP contribution in [0.5, 0.6) is 0 Å². The van der Waals surface area contributed by atoms with Crippen molar-refractivity contribution in [2.75, 3.05) is 0 Å². The lowest BCUT2D eigenvalue weighted by molar-refractivity contribution is -0.128. The maximum absolute atomic E-state index is 10.5. The van der Waals surface area contributed by atoms with E-state index < -0.39 is 11.7 Å². The second-order valence-corrected chi connectivity index (χ2v) is 4.76. The smallest absolute Gasteiger partial charge is 0.406 e. The number of ether oxygens (including phenoxy) is 2. The Hall–Kier alpha value is -0.280. The minimum atomic E-state index is -0.814. The van der Waals surface area contributed by atoms with Gasteiger partial charge in [0, 0.05) is 11.6 Å². The van der Waals surface area contributed by atoms with Gasteiger partial charge in [0.15, 0.2) is 0 Å². The average Bonchev–Trinajstić information content (AvgIpc) is 2.11. The molecule has 0 heterocycles. The predicted octanol–water partition coefficient (Wildman–Crippen LogP) is 4.33. The summed E-state index contributed by atoms with van der Waals surface area (Å²) in [6.45, 7) is 8.15. The molecule has 0 fully saturated rings. The molecule has 0 amide bonds. The van der Waals surface area contributed by atoms with Crippen molar-refractivity contribution < 1.29 is 14.3 Å². The Labute approximate surface area is 103 Å². The summed E-state index contributed by atoms with van der Waals surface area (Å²) in [5.41, 5.74) is -0.814. The number of carbonyl (C=O) groups excluding carboxylic acids is 1. The molecule has 2 atom stereocenters. The lowest BCUT2D eigenvalue weighted by atomic mass is 10.0. The highest BCUT2D eigenvalue weighted by atomic mass is 35.5. The zero-order valence-corrected chi connectivity index (χ0v) is 11.4. The highest BCUT2D eigenvalue weighted by Gasteiger charge is 2.16. The molecule has 4 heteroatoms. The van der Waals surface area contributed by atoms with E-state index in [0.29, 0.717) is 5.92 Å². The molecule has 3 nitrogen and oxygen atoms in total. The third kappa shape index (κ3) is 8.98. The van der Waals surface area contributed by atoms with Crippen LogP contribution in [0, 0.1) is 5.92 Å². The lowest BCUT2D eigenvalue weighted by Gasteiger charge is -2.23. The van der Waals surface area contributed by atoms with Gasteiger partial charge in [-0.05, 0) is 25.7 Å². The largest absolute Gasteiger partial charge is 0.424 e. The summed E-state index contributed by atoms with van der Waals surface area (Å²) < 4.78 is 10.4. The van der Waals surface area contributed by atoms with Gasteiger partial charge in [-0.1, -0.05) is 33.6 Å². The maximum atomic E-state index is 10.5. The minimum absolute atomic E-state index is 0.144. The summed E-state index contributed by atoms with van der Waals surface area (Å²) in [6.07, 6.45) is 3.82. The van der Waals surface area contributed by atoms with Crippen LogP contribution in [0.1, 0.15) is 53.4 Å². The summed E-state index contributed by atoms with van der Waals surface area (Å²) in [4.78, 5) is 10.5. The van der Waals surface area contributed by atoms with Gasteiger partial charge in [-0.15, -0.1) is 0 Å². The second-order valence-electron chi connectivity index (χ2n) is 4.45. The van der Waals surface area contributed by atoms with Crippen LogP contribution >= 0.6 is 11.6 Å². The van der Waals surface area contributed by atoms with Crippen LogP contribution in [0.4, 0.5) is 4.79 Å². The molecular weight excluding hydrogens is 228 g/mol. The Morgan fingerprint density at radius 1 is 1.31 bits per heavy atom. The predicted molar refractivity (Wildman–Crippen MR) is 65.6 cm³/mol. The third-order valence-electron chi connectivity index (χ3n) is 2.26. The van der Waals surface area contributed by atoms with Crippen molar-refractivity contribution in [1.82, 2.24) is 0 Å². The molecular formula is C12H23ClO3. The van der Waals surface area contributed by atoms with Gasteiger partial charge in [0.1, 0.15) is 0 Å². The number of hydrogen-bond acceptors (Lipinski definition) is 3. The van der Waals surface area contributed by atoms with Crippen molar-refractivity contribution in [2.24, 2.45) is 5.92 Å². The molecule has 0 aromatic rings. The van der Waals surface area contributed by atoms with E-state index in [-0.39, 0.29) is 6.10 Å². The lowest BCUT2D eigenvalue weighted by Crippen LogP contribution is -2.24. The zero-order chi connectivity index (χ0) is 12.6. The molecule has 0 aliphatic carbocycles. The number of halogens is 1. The molecule has 16 heavy (non-hydrogen) atoms. The first kappa shape index (κ1) is 15.7. The van der Waals surface area contributed by atoms with E-state index in [2.05, 4.69) is 20.8 Å². The van der Waals surface area contributed by atoms with Crippen molar-refractivity contribution in [2.45, 2.75) is 65.8 Å². The van der Waals surface area contributed by atoms with Crippen LogP contribution in [0.25, 0.3) is 0 Å². The molecule has 0 saturated heterocycles. The summed E-state index contributed by atoms with van der Waals surface area (Å²) in [7, 11) is 0. The Bertz CT molecular complexity index is 195. The Morgan fingerprint density at radius 3 is 2.38 bits per heavy atom. The number of rotatable bonds is 8. The van der Waals surface area contributed by atoms with E-state index in [4.69, 9.17) is 21.1 Å². The molecule has 2 unspecified atom stereocenters. The molecule has 0 aliphatic heterocycles. The minimum Gasteiger partial charge on any atom is -0.424 e.